The van der Waals surface area contributed by atoms with Crippen LogP contribution in [-0.4, -0.2) is 34.0 Å². The zero-order valence-corrected chi connectivity index (χ0v) is 19.0. The Morgan fingerprint density at radius 1 is 1.07 bits per heavy atom. The van der Waals surface area contributed by atoms with Crippen molar-refractivity contribution < 1.29 is 9.59 Å². The van der Waals surface area contributed by atoms with E-state index in [-0.39, 0.29) is 17.4 Å². The standard InChI is InChI=1S/C23H29ClN2O2S/c1-17(22(28)25-23(2,3)4)26(16-18-10-12-19(24)13-11-18)21(27)14-15-29-20-8-6-5-7-9-20/h5-13,17H,14-16H2,1-4H3,(H,25,28)/t17-/m1/s1. The third-order valence-corrected chi connectivity index (χ3v) is 5.53. The first kappa shape index (κ1) is 23.3. The lowest BCUT2D eigenvalue weighted by Crippen LogP contribution is -2.52. The van der Waals surface area contributed by atoms with E-state index in [1.807, 2.05) is 63.2 Å². The molecule has 2 rings (SSSR count). The van der Waals surface area contributed by atoms with Crippen LogP contribution in [0.3, 0.4) is 0 Å². The molecule has 0 aromatic heterocycles. The number of nitrogens with one attached hydrogen (secondary N) is 1. The summed E-state index contributed by atoms with van der Waals surface area (Å²) in [5.74, 6) is 0.462. The van der Waals surface area contributed by atoms with Crippen molar-refractivity contribution in [2.24, 2.45) is 0 Å². The molecular weight excluding hydrogens is 404 g/mol. The highest BCUT2D eigenvalue weighted by Crippen LogP contribution is 2.20. The van der Waals surface area contributed by atoms with Gasteiger partial charge in [-0.15, -0.1) is 11.8 Å². The molecule has 0 aliphatic heterocycles. The number of halogens is 1. The lowest BCUT2D eigenvalue weighted by Gasteiger charge is -2.31. The molecule has 6 heteroatoms. The van der Waals surface area contributed by atoms with Crippen molar-refractivity contribution in [1.82, 2.24) is 10.2 Å². The smallest absolute Gasteiger partial charge is 0.242 e. The Morgan fingerprint density at radius 3 is 2.28 bits per heavy atom. The second kappa shape index (κ2) is 10.7. The fourth-order valence-corrected chi connectivity index (χ4v) is 3.75. The number of hydrogen-bond donors (Lipinski definition) is 1. The van der Waals surface area contributed by atoms with Gasteiger partial charge in [0, 0.05) is 34.2 Å². The molecule has 0 aliphatic carbocycles. The Kier molecular flexibility index (Phi) is 8.60. The number of carbonyl (C=O) groups excluding carboxylic acids is 2. The Labute approximate surface area is 183 Å². The minimum atomic E-state index is -0.570. The normalized spacial score (nSPS) is 12.3. The molecule has 2 aromatic rings. The third kappa shape index (κ3) is 8.11. The summed E-state index contributed by atoms with van der Waals surface area (Å²) in [6, 6.07) is 16.8. The molecule has 0 unspecified atom stereocenters. The van der Waals surface area contributed by atoms with Crippen molar-refractivity contribution in [3.05, 3.63) is 65.2 Å². The van der Waals surface area contributed by atoms with Crippen LogP contribution >= 0.6 is 23.4 Å². The molecular formula is C23H29ClN2O2S. The zero-order chi connectivity index (χ0) is 21.4. The van der Waals surface area contributed by atoms with Gasteiger partial charge in [0.05, 0.1) is 0 Å². The van der Waals surface area contributed by atoms with Gasteiger partial charge in [-0.25, -0.2) is 0 Å². The van der Waals surface area contributed by atoms with E-state index in [4.69, 9.17) is 11.6 Å². The summed E-state index contributed by atoms with van der Waals surface area (Å²) in [7, 11) is 0. The van der Waals surface area contributed by atoms with Crippen LogP contribution in [0.25, 0.3) is 0 Å². The van der Waals surface area contributed by atoms with Gasteiger partial charge in [0.15, 0.2) is 0 Å². The quantitative estimate of drug-likeness (QED) is 0.586. The first-order valence-corrected chi connectivity index (χ1v) is 11.1. The van der Waals surface area contributed by atoms with Crippen molar-refractivity contribution >= 4 is 35.2 Å². The molecule has 0 saturated heterocycles. The summed E-state index contributed by atoms with van der Waals surface area (Å²) in [6.07, 6.45) is 0.361. The number of amides is 2. The highest BCUT2D eigenvalue weighted by molar-refractivity contribution is 7.99. The van der Waals surface area contributed by atoms with E-state index in [1.54, 1.807) is 35.7 Å². The van der Waals surface area contributed by atoms with Crippen LogP contribution in [0, 0.1) is 0 Å². The van der Waals surface area contributed by atoms with Crippen molar-refractivity contribution in [3.63, 3.8) is 0 Å². The van der Waals surface area contributed by atoms with Gasteiger partial charge >= 0.3 is 0 Å². The van der Waals surface area contributed by atoms with Crippen molar-refractivity contribution in [2.45, 2.75) is 57.1 Å². The third-order valence-electron chi connectivity index (χ3n) is 4.26. The average Bonchev–Trinajstić information content (AvgIpc) is 2.66. The predicted molar refractivity (Wildman–Crippen MR) is 121 cm³/mol. The van der Waals surface area contributed by atoms with Gasteiger partial charge in [-0.3, -0.25) is 9.59 Å². The van der Waals surface area contributed by atoms with Crippen LogP contribution in [0.1, 0.15) is 39.7 Å². The molecule has 0 spiro atoms. The molecule has 0 bridgehead atoms. The highest BCUT2D eigenvalue weighted by Gasteiger charge is 2.28. The average molecular weight is 433 g/mol. The highest BCUT2D eigenvalue weighted by atomic mass is 35.5. The van der Waals surface area contributed by atoms with E-state index in [1.165, 1.54) is 0 Å². The maximum absolute atomic E-state index is 13.0. The van der Waals surface area contributed by atoms with E-state index in [9.17, 15) is 9.59 Å². The molecule has 156 valence electrons. The lowest BCUT2D eigenvalue weighted by atomic mass is 10.1. The zero-order valence-electron chi connectivity index (χ0n) is 17.4. The van der Waals surface area contributed by atoms with Crippen LogP contribution in [0.15, 0.2) is 59.5 Å². The topological polar surface area (TPSA) is 49.4 Å². The Hall–Kier alpha value is -1.98. The minimum Gasteiger partial charge on any atom is -0.350 e. The number of benzene rings is 2. The van der Waals surface area contributed by atoms with E-state index >= 15 is 0 Å². The first-order valence-electron chi connectivity index (χ1n) is 9.69. The van der Waals surface area contributed by atoms with E-state index in [0.29, 0.717) is 23.7 Å². The molecule has 2 amide bonds. The minimum absolute atomic E-state index is 0.0417. The van der Waals surface area contributed by atoms with E-state index in [0.717, 1.165) is 10.5 Å². The summed E-state index contributed by atoms with van der Waals surface area (Å²) < 4.78 is 0. The largest absolute Gasteiger partial charge is 0.350 e. The summed E-state index contributed by atoms with van der Waals surface area (Å²) in [5, 5.41) is 3.61. The fourth-order valence-electron chi connectivity index (χ4n) is 2.76. The van der Waals surface area contributed by atoms with Crippen molar-refractivity contribution in [3.8, 4) is 0 Å². The number of rotatable bonds is 8. The molecule has 2 aromatic carbocycles. The molecule has 4 nitrogen and oxygen atoms in total. The second-order valence-corrected chi connectivity index (χ2v) is 9.58. The molecule has 0 saturated carbocycles. The Bertz CT molecular complexity index is 804. The van der Waals surface area contributed by atoms with Crippen LogP contribution in [0.5, 0.6) is 0 Å². The van der Waals surface area contributed by atoms with Gasteiger partial charge in [0.1, 0.15) is 6.04 Å². The number of thioether (sulfide) groups is 1. The summed E-state index contributed by atoms with van der Waals surface area (Å²) in [5.41, 5.74) is 0.581. The maximum Gasteiger partial charge on any atom is 0.242 e. The van der Waals surface area contributed by atoms with Crippen molar-refractivity contribution in [2.75, 3.05) is 5.75 Å². The summed E-state index contributed by atoms with van der Waals surface area (Å²) in [6.45, 7) is 7.93. The van der Waals surface area contributed by atoms with Gasteiger partial charge in [0.2, 0.25) is 11.8 Å². The van der Waals surface area contributed by atoms with Crippen LogP contribution in [0.4, 0.5) is 0 Å². The first-order chi connectivity index (χ1) is 13.7. The van der Waals surface area contributed by atoms with Gasteiger partial charge in [0.25, 0.3) is 0 Å². The maximum atomic E-state index is 13.0. The fraction of sp³-hybridized carbons (Fsp3) is 0.391. The Balaban J connectivity index is 2.08. The predicted octanol–water partition coefficient (Wildman–Crippen LogP) is 5.15. The van der Waals surface area contributed by atoms with E-state index in [2.05, 4.69) is 5.32 Å². The number of nitrogens with zero attached hydrogens (tertiary/aromatic N) is 1. The monoisotopic (exact) mass is 432 g/mol. The lowest BCUT2D eigenvalue weighted by molar-refractivity contribution is -0.140. The van der Waals surface area contributed by atoms with Crippen LogP contribution < -0.4 is 5.32 Å². The van der Waals surface area contributed by atoms with Crippen LogP contribution in [-0.2, 0) is 16.1 Å². The molecule has 0 fully saturated rings. The number of hydrogen-bond acceptors (Lipinski definition) is 3. The SMILES string of the molecule is C[C@H](C(=O)NC(C)(C)C)N(Cc1ccc(Cl)cc1)C(=O)CCSc1ccccc1. The second-order valence-electron chi connectivity index (χ2n) is 7.97. The van der Waals surface area contributed by atoms with Gasteiger partial charge < -0.3 is 10.2 Å². The Morgan fingerprint density at radius 2 is 1.69 bits per heavy atom. The number of carbonyl (C=O) groups is 2. The molecule has 1 atom stereocenters. The van der Waals surface area contributed by atoms with Gasteiger partial charge in [-0.2, -0.15) is 0 Å². The molecule has 29 heavy (non-hydrogen) atoms. The van der Waals surface area contributed by atoms with Crippen LogP contribution in [0.2, 0.25) is 5.02 Å². The van der Waals surface area contributed by atoms with Gasteiger partial charge in [-0.1, -0.05) is 41.9 Å². The molecule has 0 aliphatic rings. The molecule has 1 N–H and O–H groups in total. The van der Waals surface area contributed by atoms with Crippen molar-refractivity contribution in [1.29, 1.82) is 0 Å². The van der Waals surface area contributed by atoms with Gasteiger partial charge in [-0.05, 0) is 57.5 Å². The molecule has 0 heterocycles. The summed E-state index contributed by atoms with van der Waals surface area (Å²) in [4.78, 5) is 28.5. The van der Waals surface area contributed by atoms with E-state index < -0.39 is 6.04 Å². The summed E-state index contributed by atoms with van der Waals surface area (Å²) >= 11 is 7.61. The molecule has 0 radical (unpaired) electrons.